The number of non-ortho nitro benzene ring substituents is 1. The fraction of sp³-hybridized carbons (Fsp3) is 0.381. The number of halogens is 1. The van der Waals surface area contributed by atoms with Crippen LogP contribution in [0.4, 0.5) is 5.69 Å². The molecule has 166 valence electrons. The molecule has 31 heavy (non-hydrogen) atoms. The molecule has 2 aromatic carbocycles. The molecule has 3 rings (SSSR count). The lowest BCUT2D eigenvalue weighted by Crippen LogP contribution is -2.31. The molecule has 0 bridgehead atoms. The van der Waals surface area contributed by atoms with Crippen molar-refractivity contribution in [2.24, 2.45) is 0 Å². The Hall–Kier alpha value is -2.49. The molecule has 1 aliphatic rings. The maximum absolute atomic E-state index is 12.8. The maximum Gasteiger partial charge on any atom is 0.270 e. The van der Waals surface area contributed by atoms with Crippen molar-refractivity contribution in [3.8, 4) is 0 Å². The van der Waals surface area contributed by atoms with Crippen molar-refractivity contribution in [3.05, 3.63) is 68.7 Å². The van der Waals surface area contributed by atoms with Crippen LogP contribution in [0.2, 0.25) is 5.02 Å². The van der Waals surface area contributed by atoms with E-state index >= 15 is 0 Å². The molecule has 8 nitrogen and oxygen atoms in total. The molecular formula is C21H24ClN3O5S. The smallest absolute Gasteiger partial charge is 0.270 e. The highest BCUT2D eigenvalue weighted by atomic mass is 35.5. The van der Waals surface area contributed by atoms with Crippen molar-refractivity contribution in [3.63, 3.8) is 0 Å². The van der Waals surface area contributed by atoms with Gasteiger partial charge >= 0.3 is 0 Å². The van der Waals surface area contributed by atoms with Gasteiger partial charge in [0.2, 0.25) is 10.0 Å². The van der Waals surface area contributed by atoms with E-state index in [9.17, 15) is 23.3 Å². The number of nitrogens with one attached hydrogen (secondary N) is 1. The number of nitro groups is 1. The summed E-state index contributed by atoms with van der Waals surface area (Å²) in [4.78, 5) is 22.9. The second-order valence-corrected chi connectivity index (χ2v) is 9.73. The highest BCUT2D eigenvalue weighted by Gasteiger charge is 2.25. The number of carbonyl (C=O) groups is 1. The number of hydrogen-bond donors (Lipinski definition) is 1. The average molecular weight is 466 g/mol. The van der Waals surface area contributed by atoms with Crippen LogP contribution < -0.4 is 5.32 Å². The van der Waals surface area contributed by atoms with Gasteiger partial charge in [0.05, 0.1) is 20.4 Å². The van der Waals surface area contributed by atoms with Crippen molar-refractivity contribution in [1.82, 2.24) is 9.62 Å². The van der Waals surface area contributed by atoms with Crippen molar-refractivity contribution in [2.75, 3.05) is 19.6 Å². The van der Waals surface area contributed by atoms with Gasteiger partial charge < -0.3 is 5.32 Å². The van der Waals surface area contributed by atoms with Crippen molar-refractivity contribution in [2.45, 2.75) is 37.0 Å². The van der Waals surface area contributed by atoms with Crippen LogP contribution in [0.15, 0.2) is 47.4 Å². The Bertz CT molecular complexity index is 1050. The average Bonchev–Trinajstić information content (AvgIpc) is 3.04. The van der Waals surface area contributed by atoms with Gasteiger partial charge in [-0.25, -0.2) is 8.42 Å². The summed E-state index contributed by atoms with van der Waals surface area (Å²) in [6.45, 7) is 1.38. The Kier molecular flexibility index (Phi) is 7.64. The Labute approximate surface area is 186 Å². The molecule has 0 unspecified atom stereocenters. The number of hydrogen-bond acceptors (Lipinski definition) is 5. The van der Waals surface area contributed by atoms with Gasteiger partial charge in [-0.15, -0.1) is 0 Å². The molecule has 1 saturated heterocycles. The van der Waals surface area contributed by atoms with Crippen LogP contribution in [-0.4, -0.2) is 43.2 Å². The van der Waals surface area contributed by atoms with E-state index < -0.39 is 20.9 Å². The van der Waals surface area contributed by atoms with Gasteiger partial charge in [0.15, 0.2) is 0 Å². The van der Waals surface area contributed by atoms with Crippen LogP contribution in [0.25, 0.3) is 0 Å². The first-order valence-electron chi connectivity index (χ1n) is 10.1. The fourth-order valence-corrected chi connectivity index (χ4v) is 5.20. The van der Waals surface area contributed by atoms with Crippen LogP contribution in [0.1, 0.15) is 41.6 Å². The Balaban J connectivity index is 1.59. The van der Waals surface area contributed by atoms with E-state index in [4.69, 9.17) is 11.6 Å². The SMILES string of the molecule is O=C(NCCc1ccc(S(=O)(=O)N2CCCCCC2)cc1)c1cc([N+](=O)[O-])ccc1Cl. The van der Waals surface area contributed by atoms with Gasteiger partial charge in [0, 0.05) is 31.8 Å². The van der Waals surface area contributed by atoms with Crippen LogP contribution >= 0.6 is 11.6 Å². The maximum atomic E-state index is 12.8. The third kappa shape index (κ3) is 5.81. The van der Waals surface area contributed by atoms with Gasteiger partial charge in [0.1, 0.15) is 0 Å². The first kappa shape index (κ1) is 23.2. The normalized spacial score (nSPS) is 15.3. The predicted octanol–water partition coefficient (Wildman–Crippen LogP) is 3.79. The number of rotatable bonds is 7. The molecule has 0 aliphatic carbocycles. The minimum absolute atomic E-state index is 0.0368. The van der Waals surface area contributed by atoms with Crippen molar-refractivity contribution < 1.29 is 18.1 Å². The summed E-state index contributed by atoms with van der Waals surface area (Å²) in [7, 11) is -3.49. The minimum Gasteiger partial charge on any atom is -0.352 e. The molecule has 1 amide bonds. The number of carbonyl (C=O) groups excluding carboxylic acids is 1. The highest BCUT2D eigenvalue weighted by Crippen LogP contribution is 2.22. The van der Waals surface area contributed by atoms with Gasteiger partial charge in [0.25, 0.3) is 11.6 Å². The summed E-state index contributed by atoms with van der Waals surface area (Å²) in [6, 6.07) is 10.3. The monoisotopic (exact) mass is 465 g/mol. The van der Waals surface area contributed by atoms with Gasteiger partial charge in [-0.3, -0.25) is 14.9 Å². The number of sulfonamides is 1. The second-order valence-electron chi connectivity index (χ2n) is 7.39. The number of benzene rings is 2. The van der Waals surface area contributed by atoms with Crippen molar-refractivity contribution in [1.29, 1.82) is 0 Å². The predicted molar refractivity (Wildman–Crippen MR) is 118 cm³/mol. The van der Waals surface area contributed by atoms with Crippen LogP contribution in [0.5, 0.6) is 0 Å². The summed E-state index contributed by atoms with van der Waals surface area (Å²) in [5.74, 6) is -0.505. The van der Waals surface area contributed by atoms with E-state index in [0.29, 0.717) is 19.5 Å². The van der Waals surface area contributed by atoms with Gasteiger partial charge in [-0.2, -0.15) is 4.31 Å². The van der Waals surface area contributed by atoms with Crippen molar-refractivity contribution >= 4 is 33.2 Å². The molecule has 0 saturated carbocycles. The quantitative estimate of drug-likeness (QED) is 0.494. The van der Waals surface area contributed by atoms with E-state index in [0.717, 1.165) is 37.3 Å². The molecule has 10 heteroatoms. The summed E-state index contributed by atoms with van der Waals surface area (Å²) >= 11 is 5.98. The van der Waals surface area contributed by atoms with Crippen LogP contribution in [0, 0.1) is 10.1 Å². The highest BCUT2D eigenvalue weighted by molar-refractivity contribution is 7.89. The molecule has 0 aromatic heterocycles. The first-order chi connectivity index (χ1) is 14.8. The Morgan fingerprint density at radius 3 is 2.32 bits per heavy atom. The van der Waals surface area contributed by atoms with Crippen LogP contribution in [-0.2, 0) is 16.4 Å². The molecule has 2 aromatic rings. The zero-order chi connectivity index (χ0) is 22.4. The van der Waals surface area contributed by atoms with E-state index in [2.05, 4.69) is 5.32 Å². The molecular weight excluding hydrogens is 442 g/mol. The summed E-state index contributed by atoms with van der Waals surface area (Å²) in [6.07, 6.45) is 4.34. The third-order valence-electron chi connectivity index (χ3n) is 5.23. The van der Waals surface area contributed by atoms with E-state index in [1.165, 1.54) is 12.1 Å². The first-order valence-corrected chi connectivity index (χ1v) is 11.9. The topological polar surface area (TPSA) is 110 Å². The zero-order valence-electron chi connectivity index (χ0n) is 16.9. The molecule has 1 fully saturated rings. The summed E-state index contributed by atoms with van der Waals surface area (Å²) in [5.41, 5.74) is 0.686. The van der Waals surface area contributed by atoms with Crippen LogP contribution in [0.3, 0.4) is 0 Å². The Morgan fingerprint density at radius 1 is 1.06 bits per heavy atom. The summed E-state index contributed by atoms with van der Waals surface area (Å²) in [5, 5.41) is 13.7. The van der Waals surface area contributed by atoms with Gasteiger partial charge in [-0.1, -0.05) is 36.6 Å². The number of nitro benzene ring substituents is 1. The standard InChI is InChI=1S/C21H24ClN3O5S/c22-20-10-7-17(25(27)28)15-19(20)21(26)23-12-11-16-5-8-18(9-6-16)31(29,30)24-13-3-1-2-4-14-24/h5-10,15H,1-4,11-14H2,(H,23,26). The molecule has 1 aliphatic heterocycles. The molecule has 0 radical (unpaired) electrons. The zero-order valence-corrected chi connectivity index (χ0v) is 18.5. The Morgan fingerprint density at radius 2 is 1.71 bits per heavy atom. The number of amides is 1. The number of nitrogens with zero attached hydrogens (tertiary/aromatic N) is 2. The van der Waals surface area contributed by atoms with E-state index in [1.54, 1.807) is 28.6 Å². The van der Waals surface area contributed by atoms with E-state index in [-0.39, 0.29) is 27.7 Å². The lowest BCUT2D eigenvalue weighted by Gasteiger charge is -2.20. The van der Waals surface area contributed by atoms with E-state index in [1.807, 2.05) is 0 Å². The molecule has 0 atom stereocenters. The lowest BCUT2D eigenvalue weighted by atomic mass is 10.1. The molecule has 1 N–H and O–H groups in total. The third-order valence-corrected chi connectivity index (χ3v) is 7.47. The summed E-state index contributed by atoms with van der Waals surface area (Å²) < 4.78 is 27.2. The molecule has 1 heterocycles. The largest absolute Gasteiger partial charge is 0.352 e. The fourth-order valence-electron chi connectivity index (χ4n) is 3.48. The second kappa shape index (κ2) is 10.2. The van der Waals surface area contributed by atoms with Gasteiger partial charge in [-0.05, 0) is 43.0 Å². The minimum atomic E-state index is -3.49. The molecule has 0 spiro atoms. The lowest BCUT2D eigenvalue weighted by molar-refractivity contribution is -0.384.